The van der Waals surface area contributed by atoms with Crippen molar-refractivity contribution in [3.8, 4) is 0 Å². The molecule has 0 fully saturated rings. The van der Waals surface area contributed by atoms with Crippen LogP contribution in [0.5, 0.6) is 0 Å². The van der Waals surface area contributed by atoms with Crippen LogP contribution in [0.4, 0.5) is 0 Å². The highest BCUT2D eigenvalue weighted by Gasteiger charge is 2.35. The van der Waals surface area contributed by atoms with E-state index in [-0.39, 0.29) is 11.6 Å². The molecule has 4 rings (SSSR count). The zero-order valence-corrected chi connectivity index (χ0v) is 15.7. The minimum Gasteiger partial charge on any atom is -0.387 e. The summed E-state index contributed by atoms with van der Waals surface area (Å²) in [4.78, 5) is 14.0. The Bertz CT molecular complexity index is 1060. The molecule has 6 N–H and O–H groups in total. The fraction of sp³-hybridized carbons (Fsp3) is 0.222. The molecule has 0 unspecified atom stereocenters. The Morgan fingerprint density at radius 1 is 0.679 bits per heavy atom. The molecule has 2 aromatic heterocycles. The molecule has 4 aromatic rings. The molecule has 0 bridgehead atoms. The van der Waals surface area contributed by atoms with Gasteiger partial charge in [0.15, 0.2) is 0 Å². The summed E-state index contributed by atoms with van der Waals surface area (Å²) in [5, 5.41) is 42.5. The smallest absolute Gasteiger partial charge is 0.140 e. The highest BCUT2D eigenvalue weighted by molar-refractivity contribution is 6.31. The molecule has 0 aliphatic rings. The fourth-order valence-electron chi connectivity index (χ4n) is 2.98. The first-order valence-corrected chi connectivity index (χ1v) is 9.11. The topological polar surface area (TPSA) is 138 Å². The van der Waals surface area contributed by atoms with E-state index in [1.54, 1.807) is 36.4 Å². The van der Waals surface area contributed by atoms with Crippen LogP contribution in [0, 0.1) is 0 Å². The lowest BCUT2D eigenvalue weighted by atomic mass is 10.0. The minimum absolute atomic E-state index is 0.0346. The highest BCUT2D eigenvalue weighted by Crippen LogP contribution is 2.27. The molecule has 0 amide bonds. The van der Waals surface area contributed by atoms with E-state index in [9.17, 15) is 20.4 Å². The molecule has 0 saturated carbocycles. The number of nitrogens with zero attached hydrogens (tertiary/aromatic N) is 2. The van der Waals surface area contributed by atoms with E-state index in [4.69, 9.17) is 23.2 Å². The first-order valence-electron chi connectivity index (χ1n) is 8.36. The number of H-pyrrole nitrogens is 2. The number of benzene rings is 2. The maximum absolute atomic E-state index is 10.4. The van der Waals surface area contributed by atoms with Crippen molar-refractivity contribution in [2.75, 3.05) is 0 Å². The number of halogens is 2. The van der Waals surface area contributed by atoms with Crippen molar-refractivity contribution in [2.24, 2.45) is 0 Å². The number of aliphatic hydroxyl groups excluding tert-OH is 4. The van der Waals surface area contributed by atoms with Crippen molar-refractivity contribution in [2.45, 2.75) is 24.4 Å². The standard InChI is InChI=1S/C18H16Cl2N4O4/c19-7-1-3-9-11(5-7)23-17(21-9)15(27)13(25)14(26)16(28)18-22-10-4-2-8(20)6-12(10)24-18/h1-6,13-16,25-28H,(H,21,23)(H,22,24)/t13-,14-,15-,16-/m0/s1. The van der Waals surface area contributed by atoms with Gasteiger partial charge in [0.05, 0.1) is 22.1 Å². The van der Waals surface area contributed by atoms with Gasteiger partial charge in [-0.25, -0.2) is 9.97 Å². The minimum atomic E-state index is -1.73. The number of hydrogen-bond donors (Lipinski definition) is 6. The number of aromatic amines is 2. The summed E-state index contributed by atoms with van der Waals surface area (Å²) in [5.74, 6) is 0.0693. The summed E-state index contributed by atoms with van der Waals surface area (Å²) in [6.07, 6.45) is -6.62. The Kier molecular flexibility index (Phi) is 5.00. The van der Waals surface area contributed by atoms with E-state index in [1.807, 2.05) is 0 Å². The molecule has 0 aliphatic heterocycles. The Balaban J connectivity index is 1.56. The number of imidazole rings is 2. The first-order chi connectivity index (χ1) is 13.3. The molecule has 10 heteroatoms. The van der Waals surface area contributed by atoms with Crippen LogP contribution in [-0.4, -0.2) is 52.6 Å². The lowest BCUT2D eigenvalue weighted by Gasteiger charge is -2.24. The molecule has 0 radical (unpaired) electrons. The van der Waals surface area contributed by atoms with Gasteiger partial charge in [0, 0.05) is 10.0 Å². The quantitative estimate of drug-likeness (QED) is 0.291. The third kappa shape index (κ3) is 3.46. The molecule has 8 nitrogen and oxygen atoms in total. The maximum atomic E-state index is 10.4. The van der Waals surface area contributed by atoms with Crippen molar-refractivity contribution in [3.05, 3.63) is 58.1 Å². The van der Waals surface area contributed by atoms with Gasteiger partial charge in [-0.1, -0.05) is 23.2 Å². The van der Waals surface area contributed by atoms with Crippen molar-refractivity contribution < 1.29 is 20.4 Å². The molecule has 0 saturated heterocycles. The second-order valence-electron chi connectivity index (χ2n) is 6.44. The Hall–Kier alpha value is -2.20. The van der Waals surface area contributed by atoms with Crippen LogP contribution in [0.2, 0.25) is 10.0 Å². The van der Waals surface area contributed by atoms with Gasteiger partial charge in [-0.2, -0.15) is 0 Å². The summed E-state index contributed by atoms with van der Waals surface area (Å²) in [6, 6.07) is 9.84. The number of nitrogens with one attached hydrogen (secondary N) is 2. The van der Waals surface area contributed by atoms with E-state index in [2.05, 4.69) is 19.9 Å². The third-order valence-corrected chi connectivity index (χ3v) is 4.95. The molecule has 0 aliphatic carbocycles. The molecule has 28 heavy (non-hydrogen) atoms. The van der Waals surface area contributed by atoms with Crippen LogP contribution < -0.4 is 0 Å². The molecule has 2 heterocycles. The Labute approximate surface area is 168 Å². The van der Waals surface area contributed by atoms with Crippen LogP contribution in [0.15, 0.2) is 36.4 Å². The maximum Gasteiger partial charge on any atom is 0.140 e. The summed E-state index contributed by atoms with van der Waals surface area (Å²) in [7, 11) is 0. The van der Waals surface area contributed by atoms with Crippen LogP contribution >= 0.6 is 23.2 Å². The molecular weight excluding hydrogens is 407 g/mol. The van der Waals surface area contributed by atoms with Crippen LogP contribution in [0.1, 0.15) is 23.9 Å². The SMILES string of the molecule is O[C@@H]([C@H](O)[C@H](O)c1nc2ccc(Cl)cc2[nH]1)[C@H](O)c1nc2ccc(Cl)cc2[nH]1. The third-order valence-electron chi connectivity index (χ3n) is 4.48. The summed E-state index contributed by atoms with van der Waals surface area (Å²) in [5.41, 5.74) is 2.21. The predicted molar refractivity (Wildman–Crippen MR) is 104 cm³/mol. The van der Waals surface area contributed by atoms with E-state index < -0.39 is 24.4 Å². The van der Waals surface area contributed by atoms with Gasteiger partial charge in [-0.3, -0.25) is 0 Å². The van der Waals surface area contributed by atoms with Crippen molar-refractivity contribution in [1.82, 2.24) is 19.9 Å². The van der Waals surface area contributed by atoms with Gasteiger partial charge in [0.2, 0.25) is 0 Å². The lowest BCUT2D eigenvalue weighted by Crippen LogP contribution is -2.37. The van der Waals surface area contributed by atoms with Gasteiger partial charge in [-0.05, 0) is 36.4 Å². The first kappa shape index (κ1) is 19.1. The zero-order valence-electron chi connectivity index (χ0n) is 14.2. The Morgan fingerprint density at radius 3 is 1.46 bits per heavy atom. The summed E-state index contributed by atoms with van der Waals surface area (Å²) in [6.45, 7) is 0. The normalized spacial score (nSPS) is 16.4. The molecule has 146 valence electrons. The monoisotopic (exact) mass is 422 g/mol. The second kappa shape index (κ2) is 7.32. The van der Waals surface area contributed by atoms with Gasteiger partial charge >= 0.3 is 0 Å². The average Bonchev–Trinajstić information content (AvgIpc) is 3.28. The van der Waals surface area contributed by atoms with Gasteiger partial charge in [-0.15, -0.1) is 0 Å². The number of aliphatic hydroxyl groups is 4. The highest BCUT2D eigenvalue weighted by atomic mass is 35.5. The summed E-state index contributed by atoms with van der Waals surface area (Å²) >= 11 is 11.8. The van der Waals surface area contributed by atoms with E-state index >= 15 is 0 Å². The molecule has 2 aromatic carbocycles. The summed E-state index contributed by atoms with van der Waals surface area (Å²) < 4.78 is 0. The predicted octanol–water partition coefficient (Wildman–Crippen LogP) is 2.23. The number of hydrogen-bond acceptors (Lipinski definition) is 6. The molecular formula is C18H16Cl2N4O4. The number of fused-ring (bicyclic) bond motifs is 2. The van der Waals surface area contributed by atoms with Crippen molar-refractivity contribution >= 4 is 45.3 Å². The van der Waals surface area contributed by atoms with Crippen molar-refractivity contribution in [1.29, 1.82) is 0 Å². The lowest BCUT2D eigenvalue weighted by molar-refractivity contribution is -0.111. The van der Waals surface area contributed by atoms with Crippen LogP contribution in [0.25, 0.3) is 22.1 Å². The average molecular weight is 423 g/mol. The van der Waals surface area contributed by atoms with Crippen molar-refractivity contribution in [3.63, 3.8) is 0 Å². The number of rotatable bonds is 5. The van der Waals surface area contributed by atoms with Gasteiger partial charge < -0.3 is 30.4 Å². The van der Waals surface area contributed by atoms with Gasteiger partial charge in [0.1, 0.15) is 36.1 Å². The van der Waals surface area contributed by atoms with E-state index in [1.165, 1.54) is 0 Å². The molecule has 0 spiro atoms. The number of aromatic nitrogens is 4. The van der Waals surface area contributed by atoms with Crippen LogP contribution in [-0.2, 0) is 0 Å². The van der Waals surface area contributed by atoms with Gasteiger partial charge in [0.25, 0.3) is 0 Å². The second-order valence-corrected chi connectivity index (χ2v) is 7.31. The van der Waals surface area contributed by atoms with E-state index in [0.29, 0.717) is 32.1 Å². The zero-order chi connectivity index (χ0) is 20.0. The fourth-order valence-corrected chi connectivity index (χ4v) is 3.32. The van der Waals surface area contributed by atoms with Crippen LogP contribution in [0.3, 0.4) is 0 Å². The molecule has 4 atom stereocenters. The largest absolute Gasteiger partial charge is 0.387 e. The van der Waals surface area contributed by atoms with E-state index in [0.717, 1.165) is 0 Å². The Morgan fingerprint density at radius 2 is 1.07 bits per heavy atom.